The maximum absolute atomic E-state index is 12.6. The molecule has 0 saturated heterocycles. The number of aryl methyl sites for hydroxylation is 1. The number of hydrogen-bond donors (Lipinski definition) is 1. The summed E-state index contributed by atoms with van der Waals surface area (Å²) in [5.41, 5.74) is 1.60. The summed E-state index contributed by atoms with van der Waals surface area (Å²) < 4.78 is 13.4. The molecule has 0 saturated carbocycles. The standard InChI is InChI=1S/C28H42N2O3.HI/c1-5-6-7-8-9-10-11-12-13-16-21-33-26-19-18-24(22-27(26)32-4)23(2)29-28(31)25-17-14-15-20-30(25)3;/h14-15,17-20,22-23H,5-13,16,21H2,1-4H3;1H. The van der Waals surface area contributed by atoms with Crippen molar-refractivity contribution in [3.63, 3.8) is 0 Å². The predicted octanol–water partition coefficient (Wildman–Crippen LogP) is 3.31. The van der Waals surface area contributed by atoms with Gasteiger partial charge in [-0.25, -0.2) is 0 Å². The van der Waals surface area contributed by atoms with Crippen LogP contribution in [-0.4, -0.2) is 19.6 Å². The van der Waals surface area contributed by atoms with Gasteiger partial charge in [0.2, 0.25) is 0 Å². The first-order valence-electron chi connectivity index (χ1n) is 12.6. The van der Waals surface area contributed by atoms with Crippen molar-refractivity contribution in [3.8, 4) is 11.5 Å². The molecule has 190 valence electrons. The van der Waals surface area contributed by atoms with Gasteiger partial charge >= 0.3 is 5.91 Å². The Bertz CT molecular complexity index is 844. The smallest absolute Gasteiger partial charge is 0.316 e. The Kier molecular flexibility index (Phi) is 15.6. The zero-order valence-electron chi connectivity index (χ0n) is 21.4. The molecule has 1 N–H and O–H groups in total. The molecule has 6 heteroatoms. The van der Waals surface area contributed by atoms with Crippen LogP contribution in [0.4, 0.5) is 0 Å². The minimum atomic E-state index is -0.150. The molecule has 0 fully saturated rings. The van der Waals surface area contributed by atoms with Crippen molar-refractivity contribution in [1.29, 1.82) is 0 Å². The Hall–Kier alpha value is -1.83. The molecule has 2 aromatic rings. The summed E-state index contributed by atoms with van der Waals surface area (Å²) in [6.45, 7) is 4.93. The molecule has 34 heavy (non-hydrogen) atoms. The molecule has 0 spiro atoms. The molecule has 0 aliphatic rings. The number of carbonyl (C=O) groups is 1. The van der Waals surface area contributed by atoms with E-state index >= 15 is 0 Å². The van der Waals surface area contributed by atoms with E-state index in [0.717, 1.165) is 17.7 Å². The number of halogens is 1. The molecular formula is C28H43IN2O3. The van der Waals surface area contributed by atoms with Crippen LogP contribution in [0.5, 0.6) is 11.5 Å². The highest BCUT2D eigenvalue weighted by Crippen LogP contribution is 2.30. The monoisotopic (exact) mass is 582 g/mol. The summed E-state index contributed by atoms with van der Waals surface area (Å²) in [7, 11) is 3.52. The van der Waals surface area contributed by atoms with Gasteiger partial charge in [0, 0.05) is 12.1 Å². The fourth-order valence-corrected chi connectivity index (χ4v) is 3.96. The van der Waals surface area contributed by atoms with Crippen molar-refractivity contribution in [2.45, 2.75) is 84.1 Å². The SMILES string of the molecule is CCCCCCCCCCCCOc1ccc(C(C)NC(=O)c2cccc[n+]2C)cc1OC.[I-]. The topological polar surface area (TPSA) is 51.4 Å². The lowest BCUT2D eigenvalue weighted by atomic mass is 10.1. The van der Waals surface area contributed by atoms with E-state index in [4.69, 9.17) is 9.47 Å². The molecule has 0 aliphatic heterocycles. The van der Waals surface area contributed by atoms with Crippen LogP contribution in [-0.2, 0) is 7.05 Å². The summed E-state index contributed by atoms with van der Waals surface area (Å²) in [6, 6.07) is 11.3. The van der Waals surface area contributed by atoms with Crippen LogP contribution in [0.15, 0.2) is 42.6 Å². The van der Waals surface area contributed by atoms with Crippen LogP contribution in [0.25, 0.3) is 0 Å². The number of nitrogens with zero attached hydrogens (tertiary/aromatic N) is 1. The second-order valence-corrected chi connectivity index (χ2v) is 8.83. The fourth-order valence-electron chi connectivity index (χ4n) is 3.96. The first-order chi connectivity index (χ1) is 16.1. The van der Waals surface area contributed by atoms with Crippen LogP contribution in [0.2, 0.25) is 0 Å². The molecule has 1 unspecified atom stereocenters. The van der Waals surface area contributed by atoms with Crippen LogP contribution in [0.3, 0.4) is 0 Å². The van der Waals surface area contributed by atoms with Crippen molar-refractivity contribution < 1.29 is 42.8 Å². The van der Waals surface area contributed by atoms with Gasteiger partial charge in [0.25, 0.3) is 5.69 Å². The van der Waals surface area contributed by atoms with E-state index in [2.05, 4.69) is 12.2 Å². The molecule has 0 aliphatic carbocycles. The Labute approximate surface area is 223 Å². The van der Waals surface area contributed by atoms with E-state index in [1.807, 2.05) is 61.1 Å². The van der Waals surface area contributed by atoms with Gasteiger partial charge in [-0.1, -0.05) is 70.8 Å². The lowest BCUT2D eigenvalue weighted by molar-refractivity contribution is -0.673. The molecule has 2 rings (SSSR count). The van der Waals surface area contributed by atoms with Gasteiger partial charge in [-0.2, -0.15) is 4.57 Å². The van der Waals surface area contributed by atoms with Crippen molar-refractivity contribution in [2.75, 3.05) is 13.7 Å². The summed E-state index contributed by atoms with van der Waals surface area (Å²) in [6.07, 6.45) is 14.9. The van der Waals surface area contributed by atoms with Gasteiger partial charge in [0.05, 0.1) is 19.8 Å². The Balaban J connectivity index is 0.00000578. The predicted molar refractivity (Wildman–Crippen MR) is 134 cm³/mol. The first-order valence-corrected chi connectivity index (χ1v) is 12.6. The van der Waals surface area contributed by atoms with Gasteiger partial charge in [-0.05, 0) is 37.1 Å². The quantitative estimate of drug-likeness (QED) is 0.188. The van der Waals surface area contributed by atoms with Gasteiger partial charge in [-0.15, -0.1) is 0 Å². The third kappa shape index (κ3) is 10.6. The minimum Gasteiger partial charge on any atom is -1.00 e. The third-order valence-electron chi connectivity index (χ3n) is 6.08. The maximum Gasteiger partial charge on any atom is 0.316 e. The van der Waals surface area contributed by atoms with Crippen molar-refractivity contribution in [2.24, 2.45) is 7.05 Å². The van der Waals surface area contributed by atoms with E-state index in [-0.39, 0.29) is 35.9 Å². The zero-order chi connectivity index (χ0) is 23.9. The highest BCUT2D eigenvalue weighted by molar-refractivity contribution is 5.91. The van der Waals surface area contributed by atoms with Gasteiger partial charge in [0.15, 0.2) is 17.7 Å². The number of pyridine rings is 1. The van der Waals surface area contributed by atoms with E-state index in [9.17, 15) is 4.79 Å². The van der Waals surface area contributed by atoms with Gasteiger partial charge < -0.3 is 38.8 Å². The number of unbranched alkanes of at least 4 members (excludes halogenated alkanes) is 9. The van der Waals surface area contributed by atoms with Crippen molar-refractivity contribution in [1.82, 2.24) is 5.32 Å². The van der Waals surface area contributed by atoms with E-state index in [1.165, 1.54) is 57.8 Å². The number of methoxy groups -OCH3 is 1. The molecule has 1 atom stereocenters. The Morgan fingerprint density at radius 2 is 1.59 bits per heavy atom. The van der Waals surface area contributed by atoms with Crippen LogP contribution in [0, 0.1) is 0 Å². The number of aromatic nitrogens is 1. The third-order valence-corrected chi connectivity index (χ3v) is 6.08. The van der Waals surface area contributed by atoms with E-state index < -0.39 is 0 Å². The second kappa shape index (κ2) is 17.6. The van der Waals surface area contributed by atoms with Crippen LogP contribution in [0.1, 0.15) is 100 Å². The number of rotatable bonds is 16. The number of amides is 1. The van der Waals surface area contributed by atoms with Crippen LogP contribution < -0.4 is 43.3 Å². The van der Waals surface area contributed by atoms with Crippen molar-refractivity contribution in [3.05, 3.63) is 53.9 Å². The highest BCUT2D eigenvalue weighted by Gasteiger charge is 2.19. The molecule has 1 heterocycles. The largest absolute Gasteiger partial charge is 1.00 e. The van der Waals surface area contributed by atoms with Crippen molar-refractivity contribution >= 4 is 5.91 Å². The van der Waals surface area contributed by atoms with Crippen LogP contribution >= 0.6 is 0 Å². The Morgan fingerprint density at radius 3 is 2.21 bits per heavy atom. The normalized spacial score (nSPS) is 11.4. The molecule has 1 aromatic carbocycles. The minimum absolute atomic E-state index is 0. The Morgan fingerprint density at radius 1 is 0.941 bits per heavy atom. The number of hydrogen-bond acceptors (Lipinski definition) is 3. The average molecular weight is 583 g/mol. The zero-order valence-corrected chi connectivity index (χ0v) is 23.6. The molecule has 1 aromatic heterocycles. The summed E-state index contributed by atoms with van der Waals surface area (Å²) in [4.78, 5) is 12.6. The molecule has 1 amide bonds. The lowest BCUT2D eigenvalue weighted by Gasteiger charge is -2.17. The number of benzene rings is 1. The highest BCUT2D eigenvalue weighted by atomic mass is 127. The summed E-state index contributed by atoms with van der Waals surface area (Å²) >= 11 is 0. The average Bonchev–Trinajstić information content (AvgIpc) is 2.82. The lowest BCUT2D eigenvalue weighted by Crippen LogP contribution is -3.00. The maximum atomic E-state index is 12.6. The summed E-state index contributed by atoms with van der Waals surface area (Å²) in [5, 5.41) is 3.06. The first kappa shape index (κ1) is 30.2. The van der Waals surface area contributed by atoms with Gasteiger partial charge in [-0.3, -0.25) is 4.79 Å². The fraction of sp³-hybridized carbons (Fsp3) is 0.571. The number of nitrogens with one attached hydrogen (secondary N) is 1. The molecule has 0 radical (unpaired) electrons. The summed E-state index contributed by atoms with van der Waals surface area (Å²) in [5.74, 6) is 1.35. The number of ether oxygens (including phenoxy) is 2. The molecular weight excluding hydrogens is 539 g/mol. The van der Waals surface area contributed by atoms with E-state index in [1.54, 1.807) is 7.11 Å². The number of carbonyl (C=O) groups excluding carboxylic acids is 1. The van der Waals surface area contributed by atoms with Gasteiger partial charge in [0.1, 0.15) is 7.05 Å². The molecule has 0 bridgehead atoms. The van der Waals surface area contributed by atoms with E-state index in [0.29, 0.717) is 18.1 Å². The molecule has 5 nitrogen and oxygen atoms in total. The second-order valence-electron chi connectivity index (χ2n) is 8.83.